The van der Waals surface area contributed by atoms with Crippen LogP contribution in [0.4, 0.5) is 5.95 Å². The molecule has 2 heterocycles. The van der Waals surface area contributed by atoms with Crippen molar-refractivity contribution in [1.29, 1.82) is 0 Å². The number of nitrogens with one attached hydrogen (secondary N) is 1. The van der Waals surface area contributed by atoms with Crippen molar-refractivity contribution in [2.45, 2.75) is 46.2 Å². The molecule has 2 aromatic rings. The fraction of sp³-hybridized carbons (Fsp3) is 0.550. The summed E-state index contributed by atoms with van der Waals surface area (Å²) >= 11 is 0. The number of benzene rings is 1. The SMILES string of the molecule is Cc1cn(C2CCCN(Cc3ccccc3)C2)c(NCC(C)C)n1. The molecule has 4 heteroatoms. The number of aromatic nitrogens is 2. The van der Waals surface area contributed by atoms with E-state index in [1.54, 1.807) is 0 Å². The van der Waals surface area contributed by atoms with Gasteiger partial charge in [0.25, 0.3) is 0 Å². The van der Waals surface area contributed by atoms with Crippen LogP contribution in [0, 0.1) is 12.8 Å². The lowest BCUT2D eigenvalue weighted by Crippen LogP contribution is -2.36. The van der Waals surface area contributed by atoms with E-state index in [0.717, 1.165) is 31.3 Å². The smallest absolute Gasteiger partial charge is 0.203 e. The van der Waals surface area contributed by atoms with Crippen molar-refractivity contribution in [2.24, 2.45) is 5.92 Å². The Labute approximate surface area is 145 Å². The van der Waals surface area contributed by atoms with Crippen molar-refractivity contribution in [2.75, 3.05) is 25.0 Å². The van der Waals surface area contributed by atoms with Crippen LogP contribution < -0.4 is 5.32 Å². The quantitative estimate of drug-likeness (QED) is 0.868. The van der Waals surface area contributed by atoms with Crippen LogP contribution in [0.25, 0.3) is 0 Å². The van der Waals surface area contributed by atoms with E-state index in [4.69, 9.17) is 4.98 Å². The third-order valence-electron chi connectivity index (χ3n) is 4.64. The largest absolute Gasteiger partial charge is 0.355 e. The first-order chi connectivity index (χ1) is 11.6. The Morgan fingerprint density at radius 3 is 2.79 bits per heavy atom. The van der Waals surface area contributed by atoms with Crippen molar-refractivity contribution >= 4 is 5.95 Å². The van der Waals surface area contributed by atoms with Gasteiger partial charge in [0.15, 0.2) is 0 Å². The Morgan fingerprint density at radius 1 is 1.25 bits per heavy atom. The minimum atomic E-state index is 0.512. The Kier molecular flexibility index (Phi) is 5.56. The Morgan fingerprint density at radius 2 is 2.04 bits per heavy atom. The zero-order chi connectivity index (χ0) is 16.9. The van der Waals surface area contributed by atoms with Gasteiger partial charge in [-0.25, -0.2) is 4.98 Å². The van der Waals surface area contributed by atoms with Crippen LogP contribution in [0.2, 0.25) is 0 Å². The zero-order valence-corrected chi connectivity index (χ0v) is 15.2. The third kappa shape index (κ3) is 4.38. The number of hydrogen-bond acceptors (Lipinski definition) is 3. The molecule has 0 saturated carbocycles. The molecular formula is C20H30N4. The third-order valence-corrected chi connectivity index (χ3v) is 4.64. The van der Waals surface area contributed by atoms with Gasteiger partial charge in [-0.2, -0.15) is 0 Å². The van der Waals surface area contributed by atoms with Crippen LogP contribution in [-0.2, 0) is 6.54 Å². The van der Waals surface area contributed by atoms with Gasteiger partial charge in [-0.05, 0) is 37.8 Å². The minimum Gasteiger partial charge on any atom is -0.355 e. The highest BCUT2D eigenvalue weighted by molar-refractivity contribution is 5.30. The molecule has 130 valence electrons. The predicted octanol–water partition coefficient (Wildman–Crippen LogP) is 4.10. The molecule has 0 aliphatic carbocycles. The topological polar surface area (TPSA) is 33.1 Å². The molecule has 0 amide bonds. The molecule has 0 bridgehead atoms. The van der Waals surface area contributed by atoms with Gasteiger partial charge >= 0.3 is 0 Å². The number of piperidine rings is 1. The van der Waals surface area contributed by atoms with E-state index >= 15 is 0 Å². The summed E-state index contributed by atoms with van der Waals surface area (Å²) in [5, 5.41) is 3.53. The molecule has 1 atom stereocenters. The van der Waals surface area contributed by atoms with Gasteiger partial charge in [0.05, 0.1) is 5.69 Å². The number of hydrogen-bond donors (Lipinski definition) is 1. The Balaban J connectivity index is 1.68. The van der Waals surface area contributed by atoms with Crippen molar-refractivity contribution in [3.05, 3.63) is 47.8 Å². The molecule has 1 aromatic carbocycles. The predicted molar refractivity (Wildman–Crippen MR) is 100 cm³/mol. The van der Waals surface area contributed by atoms with E-state index in [-0.39, 0.29) is 0 Å². The highest BCUT2D eigenvalue weighted by Gasteiger charge is 2.23. The summed E-state index contributed by atoms with van der Waals surface area (Å²) in [7, 11) is 0. The van der Waals surface area contributed by atoms with Crippen LogP contribution in [0.5, 0.6) is 0 Å². The molecule has 1 N–H and O–H groups in total. The number of imidazole rings is 1. The standard InChI is InChI=1S/C20H30N4/c1-16(2)12-21-20-22-17(3)13-24(20)19-10-7-11-23(15-19)14-18-8-5-4-6-9-18/h4-6,8-9,13,16,19H,7,10-12,14-15H2,1-3H3,(H,21,22). The van der Waals surface area contributed by atoms with Crippen molar-refractivity contribution in [3.63, 3.8) is 0 Å². The van der Waals surface area contributed by atoms with Crippen LogP contribution in [0.15, 0.2) is 36.5 Å². The second-order valence-electron chi connectivity index (χ2n) is 7.40. The lowest BCUT2D eigenvalue weighted by atomic mass is 10.0. The number of likely N-dealkylation sites (tertiary alicyclic amines) is 1. The van der Waals surface area contributed by atoms with Crippen LogP contribution in [-0.4, -0.2) is 34.1 Å². The number of aryl methyl sites for hydroxylation is 1. The highest BCUT2D eigenvalue weighted by Crippen LogP contribution is 2.26. The summed E-state index contributed by atoms with van der Waals surface area (Å²) in [6.45, 7) is 10.8. The summed E-state index contributed by atoms with van der Waals surface area (Å²) in [5.41, 5.74) is 2.50. The Hall–Kier alpha value is -1.81. The molecule has 1 unspecified atom stereocenters. The minimum absolute atomic E-state index is 0.512. The molecule has 3 rings (SSSR count). The van der Waals surface area contributed by atoms with Crippen LogP contribution >= 0.6 is 0 Å². The second kappa shape index (κ2) is 7.84. The van der Waals surface area contributed by atoms with Crippen molar-refractivity contribution < 1.29 is 0 Å². The number of rotatable bonds is 6. The average Bonchev–Trinajstić information content (AvgIpc) is 2.95. The van der Waals surface area contributed by atoms with E-state index in [2.05, 4.69) is 72.1 Å². The normalized spacial score (nSPS) is 18.9. The molecule has 1 aliphatic heterocycles. The summed E-state index contributed by atoms with van der Waals surface area (Å²) in [4.78, 5) is 7.27. The molecule has 0 spiro atoms. The van der Waals surface area contributed by atoms with Gasteiger partial charge in [-0.3, -0.25) is 4.90 Å². The molecular weight excluding hydrogens is 296 g/mol. The van der Waals surface area contributed by atoms with Gasteiger partial charge in [0.2, 0.25) is 5.95 Å². The molecule has 1 aromatic heterocycles. The highest BCUT2D eigenvalue weighted by atomic mass is 15.3. The maximum absolute atomic E-state index is 4.70. The van der Waals surface area contributed by atoms with Gasteiger partial charge in [-0.1, -0.05) is 44.2 Å². The van der Waals surface area contributed by atoms with E-state index in [1.807, 2.05) is 0 Å². The molecule has 1 saturated heterocycles. The first-order valence-corrected chi connectivity index (χ1v) is 9.17. The van der Waals surface area contributed by atoms with E-state index < -0.39 is 0 Å². The summed E-state index contributed by atoms with van der Waals surface area (Å²) in [6.07, 6.45) is 4.69. The molecule has 24 heavy (non-hydrogen) atoms. The van der Waals surface area contributed by atoms with Gasteiger partial charge in [0, 0.05) is 31.9 Å². The zero-order valence-electron chi connectivity index (χ0n) is 15.2. The van der Waals surface area contributed by atoms with Gasteiger partial charge in [0.1, 0.15) is 0 Å². The van der Waals surface area contributed by atoms with Gasteiger partial charge in [-0.15, -0.1) is 0 Å². The van der Waals surface area contributed by atoms with E-state index in [9.17, 15) is 0 Å². The number of anilines is 1. The summed E-state index contributed by atoms with van der Waals surface area (Å²) in [6, 6.07) is 11.3. The first kappa shape index (κ1) is 17.0. The molecule has 0 radical (unpaired) electrons. The van der Waals surface area contributed by atoms with Crippen molar-refractivity contribution in [3.8, 4) is 0 Å². The van der Waals surface area contributed by atoms with E-state index in [1.165, 1.54) is 24.9 Å². The fourth-order valence-corrected chi connectivity index (χ4v) is 3.46. The van der Waals surface area contributed by atoms with Crippen molar-refractivity contribution in [1.82, 2.24) is 14.5 Å². The van der Waals surface area contributed by atoms with E-state index in [0.29, 0.717) is 12.0 Å². The molecule has 1 aliphatic rings. The number of nitrogens with zero attached hydrogens (tertiary/aromatic N) is 3. The lowest BCUT2D eigenvalue weighted by Gasteiger charge is -2.34. The first-order valence-electron chi connectivity index (χ1n) is 9.17. The molecule has 1 fully saturated rings. The maximum atomic E-state index is 4.70. The lowest BCUT2D eigenvalue weighted by molar-refractivity contribution is 0.171. The summed E-state index contributed by atoms with van der Waals surface area (Å²) < 4.78 is 2.37. The second-order valence-corrected chi connectivity index (χ2v) is 7.40. The monoisotopic (exact) mass is 326 g/mol. The average molecular weight is 326 g/mol. The van der Waals surface area contributed by atoms with Gasteiger partial charge < -0.3 is 9.88 Å². The van der Waals surface area contributed by atoms with Crippen LogP contribution in [0.3, 0.4) is 0 Å². The molecule has 4 nitrogen and oxygen atoms in total. The summed E-state index contributed by atoms with van der Waals surface area (Å²) in [5.74, 6) is 1.66. The fourth-order valence-electron chi connectivity index (χ4n) is 3.46. The van der Waals surface area contributed by atoms with Crippen LogP contribution in [0.1, 0.15) is 44.0 Å². The maximum Gasteiger partial charge on any atom is 0.203 e. The Bertz CT molecular complexity index is 632.